The number of hydrogen-bond acceptors (Lipinski definition) is 5. The van der Waals surface area contributed by atoms with Crippen molar-refractivity contribution in [2.24, 2.45) is 5.73 Å². The summed E-state index contributed by atoms with van der Waals surface area (Å²) >= 11 is 0. The molecule has 1 aromatic heterocycles. The second kappa shape index (κ2) is 4.31. The van der Waals surface area contributed by atoms with Gasteiger partial charge in [0.1, 0.15) is 5.82 Å². The number of fused-ring (bicyclic) bond motifs is 1. The summed E-state index contributed by atoms with van der Waals surface area (Å²) in [7, 11) is 0. The van der Waals surface area contributed by atoms with E-state index in [-0.39, 0.29) is 11.9 Å². The first-order chi connectivity index (χ1) is 9.17. The average molecular weight is 257 g/mol. The lowest BCUT2D eigenvalue weighted by molar-refractivity contribution is 0.0988. The van der Waals surface area contributed by atoms with Gasteiger partial charge in [-0.05, 0) is 18.2 Å². The van der Waals surface area contributed by atoms with E-state index in [9.17, 15) is 4.79 Å². The number of hydrogen-bond donors (Lipinski definition) is 4. The maximum absolute atomic E-state index is 11.7. The molecule has 0 saturated carbocycles. The van der Waals surface area contributed by atoms with Gasteiger partial charge in [-0.2, -0.15) is 0 Å². The molecule has 0 spiro atoms. The van der Waals surface area contributed by atoms with E-state index in [0.29, 0.717) is 17.8 Å². The van der Waals surface area contributed by atoms with Crippen LogP contribution in [0.3, 0.4) is 0 Å². The molecule has 0 bridgehead atoms. The minimum atomic E-state index is -0.155. The van der Waals surface area contributed by atoms with Gasteiger partial charge in [-0.15, -0.1) is 0 Å². The number of benzene rings is 1. The summed E-state index contributed by atoms with van der Waals surface area (Å²) in [6, 6.07) is 5.49. The number of rotatable bonds is 3. The first-order valence-electron chi connectivity index (χ1n) is 6.18. The SMILES string of the molecule is CCC(=O)c1ccc2nc(C3NC=C(N)N3)[nH]c2c1. The van der Waals surface area contributed by atoms with Gasteiger partial charge in [0, 0.05) is 18.2 Å². The molecular formula is C13H15N5O. The van der Waals surface area contributed by atoms with Gasteiger partial charge in [0.15, 0.2) is 17.8 Å². The van der Waals surface area contributed by atoms with E-state index >= 15 is 0 Å². The molecule has 19 heavy (non-hydrogen) atoms. The van der Waals surface area contributed by atoms with Gasteiger partial charge < -0.3 is 21.4 Å². The normalized spacial score (nSPS) is 17.9. The summed E-state index contributed by atoms with van der Waals surface area (Å²) < 4.78 is 0. The Balaban J connectivity index is 1.95. The lowest BCUT2D eigenvalue weighted by Gasteiger charge is -2.08. The Bertz CT molecular complexity index is 673. The summed E-state index contributed by atoms with van der Waals surface area (Å²) in [5.41, 5.74) is 8.02. The van der Waals surface area contributed by atoms with Crippen molar-refractivity contribution in [1.29, 1.82) is 0 Å². The summed E-state index contributed by atoms with van der Waals surface area (Å²) in [6.45, 7) is 1.85. The molecule has 0 aliphatic carbocycles. The van der Waals surface area contributed by atoms with Gasteiger partial charge in [0.25, 0.3) is 0 Å². The van der Waals surface area contributed by atoms with Gasteiger partial charge in [0.2, 0.25) is 0 Å². The molecule has 1 atom stereocenters. The number of nitrogens with zero attached hydrogens (tertiary/aromatic N) is 1. The molecule has 0 radical (unpaired) electrons. The van der Waals surface area contributed by atoms with Crippen LogP contribution in [0.5, 0.6) is 0 Å². The molecule has 0 amide bonds. The molecular weight excluding hydrogens is 242 g/mol. The number of nitrogens with two attached hydrogens (primary N) is 1. The highest BCUT2D eigenvalue weighted by atomic mass is 16.1. The smallest absolute Gasteiger partial charge is 0.162 e. The van der Waals surface area contributed by atoms with Crippen molar-refractivity contribution in [3.8, 4) is 0 Å². The Morgan fingerprint density at radius 2 is 2.32 bits per heavy atom. The zero-order chi connectivity index (χ0) is 13.4. The van der Waals surface area contributed by atoms with Crippen LogP contribution in [0.1, 0.15) is 35.7 Å². The van der Waals surface area contributed by atoms with Gasteiger partial charge in [-0.1, -0.05) is 6.92 Å². The van der Waals surface area contributed by atoms with Gasteiger partial charge in [-0.25, -0.2) is 4.98 Å². The Kier molecular flexibility index (Phi) is 2.63. The van der Waals surface area contributed by atoms with Crippen molar-refractivity contribution in [2.75, 3.05) is 0 Å². The Morgan fingerprint density at radius 3 is 3.00 bits per heavy atom. The minimum Gasteiger partial charge on any atom is -0.384 e. The predicted molar refractivity (Wildman–Crippen MR) is 72.0 cm³/mol. The second-order valence-corrected chi connectivity index (χ2v) is 4.47. The van der Waals surface area contributed by atoms with Crippen LogP contribution in [0.15, 0.2) is 30.2 Å². The van der Waals surface area contributed by atoms with E-state index in [1.165, 1.54) is 0 Å². The maximum atomic E-state index is 11.7. The number of ketones is 1. The highest BCUT2D eigenvalue weighted by molar-refractivity contribution is 5.98. The number of aromatic nitrogens is 2. The van der Waals surface area contributed by atoms with Crippen LogP contribution in [-0.2, 0) is 0 Å². The molecule has 1 aliphatic heterocycles. The fraction of sp³-hybridized carbons (Fsp3) is 0.231. The molecule has 1 aromatic carbocycles. The molecule has 98 valence electrons. The highest BCUT2D eigenvalue weighted by Crippen LogP contribution is 2.19. The van der Waals surface area contributed by atoms with E-state index in [1.807, 2.05) is 19.1 Å². The Labute approximate surface area is 110 Å². The summed E-state index contributed by atoms with van der Waals surface area (Å²) in [5.74, 6) is 1.45. The third-order valence-electron chi connectivity index (χ3n) is 3.13. The Hall–Kier alpha value is -2.50. The topological polar surface area (TPSA) is 95.8 Å². The van der Waals surface area contributed by atoms with Crippen LogP contribution < -0.4 is 16.4 Å². The maximum Gasteiger partial charge on any atom is 0.162 e. The van der Waals surface area contributed by atoms with Crippen LogP contribution in [0.2, 0.25) is 0 Å². The molecule has 2 heterocycles. The molecule has 6 nitrogen and oxygen atoms in total. The third kappa shape index (κ3) is 2.01. The van der Waals surface area contributed by atoms with Gasteiger partial charge >= 0.3 is 0 Å². The standard InChI is InChI=1S/C13H15N5O/c1-2-10(19)7-3-4-8-9(5-7)17-13(16-8)12-15-6-11(14)18-12/h3-6,12,15,18H,2,14H2,1H3,(H,16,17). The molecule has 0 fully saturated rings. The summed E-state index contributed by atoms with van der Waals surface area (Å²) in [5, 5.41) is 6.12. The fourth-order valence-electron chi connectivity index (χ4n) is 2.11. The zero-order valence-electron chi connectivity index (χ0n) is 10.5. The van der Waals surface area contributed by atoms with Crippen molar-refractivity contribution in [3.63, 3.8) is 0 Å². The molecule has 0 saturated heterocycles. The number of carbonyl (C=O) groups excluding carboxylic acids is 1. The largest absolute Gasteiger partial charge is 0.384 e. The van der Waals surface area contributed by atoms with E-state index in [4.69, 9.17) is 5.73 Å². The van der Waals surface area contributed by atoms with Crippen molar-refractivity contribution >= 4 is 16.8 Å². The number of Topliss-reactive ketones (excluding diaryl/α,β-unsaturated/α-hetero) is 1. The number of imidazole rings is 1. The number of nitrogens with one attached hydrogen (secondary N) is 3. The lowest BCUT2D eigenvalue weighted by atomic mass is 10.1. The molecule has 5 N–H and O–H groups in total. The zero-order valence-corrected chi connectivity index (χ0v) is 10.5. The van der Waals surface area contributed by atoms with Crippen molar-refractivity contribution in [2.45, 2.75) is 19.5 Å². The second-order valence-electron chi connectivity index (χ2n) is 4.47. The molecule has 6 heteroatoms. The minimum absolute atomic E-state index is 0.126. The average Bonchev–Trinajstić information content (AvgIpc) is 3.02. The van der Waals surface area contributed by atoms with Gasteiger partial charge in [-0.3, -0.25) is 4.79 Å². The van der Waals surface area contributed by atoms with E-state index in [2.05, 4.69) is 20.6 Å². The van der Waals surface area contributed by atoms with E-state index in [1.54, 1.807) is 12.3 Å². The first kappa shape index (κ1) is 11.6. The highest BCUT2D eigenvalue weighted by Gasteiger charge is 2.19. The molecule has 2 aromatic rings. The molecule has 1 unspecified atom stereocenters. The summed E-state index contributed by atoms with van der Waals surface area (Å²) in [6.07, 6.45) is 2.04. The van der Waals surface area contributed by atoms with Crippen molar-refractivity contribution in [3.05, 3.63) is 41.6 Å². The molecule has 1 aliphatic rings. The van der Waals surface area contributed by atoms with Crippen LogP contribution in [-0.4, -0.2) is 15.8 Å². The monoisotopic (exact) mass is 257 g/mol. The lowest BCUT2D eigenvalue weighted by Crippen LogP contribution is -2.25. The third-order valence-corrected chi connectivity index (χ3v) is 3.13. The molecule has 3 rings (SSSR count). The van der Waals surface area contributed by atoms with Crippen molar-refractivity contribution in [1.82, 2.24) is 20.6 Å². The van der Waals surface area contributed by atoms with Gasteiger partial charge in [0.05, 0.1) is 11.0 Å². The first-order valence-corrected chi connectivity index (χ1v) is 6.18. The predicted octanol–water partition coefficient (Wildman–Crippen LogP) is 1.10. The van der Waals surface area contributed by atoms with E-state index in [0.717, 1.165) is 16.9 Å². The number of carbonyl (C=O) groups is 1. The summed E-state index contributed by atoms with van der Waals surface area (Å²) in [4.78, 5) is 19.4. The van der Waals surface area contributed by atoms with Crippen LogP contribution in [0, 0.1) is 0 Å². The Morgan fingerprint density at radius 1 is 1.47 bits per heavy atom. The number of H-pyrrole nitrogens is 1. The van der Waals surface area contributed by atoms with Crippen LogP contribution in [0.25, 0.3) is 11.0 Å². The number of aromatic amines is 1. The van der Waals surface area contributed by atoms with E-state index < -0.39 is 0 Å². The van der Waals surface area contributed by atoms with Crippen LogP contribution in [0.4, 0.5) is 0 Å². The quantitative estimate of drug-likeness (QED) is 0.618. The van der Waals surface area contributed by atoms with Crippen LogP contribution >= 0.6 is 0 Å². The van der Waals surface area contributed by atoms with Crippen molar-refractivity contribution < 1.29 is 4.79 Å². The fourth-order valence-corrected chi connectivity index (χ4v) is 2.11.